The summed E-state index contributed by atoms with van der Waals surface area (Å²) in [6, 6.07) is 2.69. The smallest absolute Gasteiger partial charge is 0.311 e. The van der Waals surface area contributed by atoms with Crippen molar-refractivity contribution in [3.05, 3.63) is 22.2 Å². The van der Waals surface area contributed by atoms with E-state index in [4.69, 9.17) is 5.73 Å². The van der Waals surface area contributed by atoms with Gasteiger partial charge in [-0.2, -0.15) is 0 Å². The summed E-state index contributed by atoms with van der Waals surface area (Å²) in [7, 11) is 0. The zero-order chi connectivity index (χ0) is 14.5. The molecule has 1 aliphatic heterocycles. The van der Waals surface area contributed by atoms with Crippen LogP contribution in [0.1, 0.15) is 0 Å². The molecule has 20 heavy (non-hydrogen) atoms. The van der Waals surface area contributed by atoms with Crippen molar-refractivity contribution in [3.63, 3.8) is 0 Å². The summed E-state index contributed by atoms with van der Waals surface area (Å²) in [5.41, 5.74) is 5.23. The molecule has 2 heterocycles. The highest BCUT2D eigenvalue weighted by molar-refractivity contribution is 5.80. The summed E-state index contributed by atoms with van der Waals surface area (Å²) in [5.74, 6) is 0.136. The second kappa shape index (κ2) is 6.15. The third-order valence-electron chi connectivity index (χ3n) is 2.99. The number of carbonyl (C=O) groups is 1. The van der Waals surface area contributed by atoms with Gasteiger partial charge in [0, 0.05) is 32.2 Å². The van der Waals surface area contributed by atoms with Crippen LogP contribution < -0.4 is 16.4 Å². The summed E-state index contributed by atoms with van der Waals surface area (Å²) in [4.78, 5) is 27.5. The molecule has 0 aliphatic carbocycles. The Balaban J connectivity index is 1.92. The number of aromatic nitrogens is 1. The minimum absolute atomic E-state index is 0.0368. The Labute approximate surface area is 115 Å². The third kappa shape index (κ3) is 3.32. The molecule has 9 heteroatoms. The van der Waals surface area contributed by atoms with E-state index in [1.807, 2.05) is 0 Å². The maximum Gasteiger partial charge on any atom is 0.311 e. The molecule has 108 valence electrons. The maximum atomic E-state index is 11.9. The van der Waals surface area contributed by atoms with Crippen LogP contribution in [0.3, 0.4) is 0 Å². The van der Waals surface area contributed by atoms with E-state index >= 15 is 0 Å². The molecule has 0 radical (unpaired) electrons. The zero-order valence-corrected chi connectivity index (χ0v) is 10.8. The van der Waals surface area contributed by atoms with Crippen LogP contribution in [0.25, 0.3) is 0 Å². The lowest BCUT2D eigenvalue weighted by Crippen LogP contribution is -2.48. The van der Waals surface area contributed by atoms with Crippen LogP contribution in [0, 0.1) is 10.1 Å². The number of nitro groups is 1. The number of piperazine rings is 1. The second-order valence-electron chi connectivity index (χ2n) is 4.34. The average molecular weight is 280 g/mol. The summed E-state index contributed by atoms with van der Waals surface area (Å²) < 4.78 is 0. The Morgan fingerprint density at radius 1 is 1.50 bits per heavy atom. The Morgan fingerprint density at radius 3 is 2.80 bits per heavy atom. The molecule has 9 nitrogen and oxygen atoms in total. The maximum absolute atomic E-state index is 11.9. The summed E-state index contributed by atoms with van der Waals surface area (Å²) in [5, 5.41) is 16.6. The van der Waals surface area contributed by atoms with E-state index in [0.29, 0.717) is 18.9 Å². The highest BCUT2D eigenvalue weighted by Gasteiger charge is 2.17. The quantitative estimate of drug-likeness (QED) is 0.497. The zero-order valence-electron chi connectivity index (χ0n) is 10.8. The van der Waals surface area contributed by atoms with Crippen LogP contribution in [0.15, 0.2) is 12.1 Å². The molecule has 0 atom stereocenters. The van der Waals surface area contributed by atoms with Crippen molar-refractivity contribution in [1.29, 1.82) is 0 Å². The van der Waals surface area contributed by atoms with Gasteiger partial charge < -0.3 is 21.3 Å². The number of rotatable bonds is 4. The average Bonchev–Trinajstić information content (AvgIpc) is 2.45. The molecule has 1 aromatic rings. The number of carbonyl (C=O) groups excluding carboxylic acids is 1. The monoisotopic (exact) mass is 280 g/mol. The van der Waals surface area contributed by atoms with Gasteiger partial charge in [-0.15, -0.1) is 0 Å². The normalized spacial score (nSPS) is 14.9. The molecule has 0 saturated carbocycles. The van der Waals surface area contributed by atoms with Crippen molar-refractivity contribution in [2.24, 2.45) is 0 Å². The number of amides is 1. The van der Waals surface area contributed by atoms with Crippen molar-refractivity contribution in [2.75, 3.05) is 43.8 Å². The van der Waals surface area contributed by atoms with Crippen molar-refractivity contribution in [3.8, 4) is 0 Å². The van der Waals surface area contributed by atoms with Crippen LogP contribution in [0.5, 0.6) is 0 Å². The van der Waals surface area contributed by atoms with Crippen LogP contribution in [0.4, 0.5) is 17.3 Å². The first kappa shape index (κ1) is 14.0. The van der Waals surface area contributed by atoms with E-state index in [0.717, 1.165) is 13.1 Å². The fourth-order valence-electron chi connectivity index (χ4n) is 1.91. The lowest BCUT2D eigenvalue weighted by molar-refractivity contribution is -0.384. The predicted octanol–water partition coefficient (Wildman–Crippen LogP) is -0.584. The van der Waals surface area contributed by atoms with Crippen LogP contribution >= 0.6 is 0 Å². The number of nitrogens with two attached hydrogens (primary N) is 1. The first-order valence-electron chi connectivity index (χ1n) is 6.21. The predicted molar refractivity (Wildman–Crippen MR) is 73.2 cm³/mol. The van der Waals surface area contributed by atoms with Crippen LogP contribution in [-0.2, 0) is 4.79 Å². The first-order chi connectivity index (χ1) is 9.58. The molecule has 0 unspecified atom stereocenters. The number of hydrogen-bond donors (Lipinski definition) is 3. The lowest BCUT2D eigenvalue weighted by atomic mass is 10.3. The second-order valence-corrected chi connectivity index (χ2v) is 4.34. The number of pyridine rings is 1. The van der Waals surface area contributed by atoms with Gasteiger partial charge in [0.2, 0.25) is 11.7 Å². The fourth-order valence-corrected chi connectivity index (χ4v) is 1.91. The number of anilines is 2. The third-order valence-corrected chi connectivity index (χ3v) is 2.99. The molecular formula is C11H16N6O3. The van der Waals surface area contributed by atoms with E-state index in [1.165, 1.54) is 12.1 Å². The molecule has 0 bridgehead atoms. The van der Waals surface area contributed by atoms with Gasteiger partial charge >= 0.3 is 5.69 Å². The summed E-state index contributed by atoms with van der Waals surface area (Å²) in [6.45, 7) is 3.01. The van der Waals surface area contributed by atoms with Gasteiger partial charge in [-0.05, 0) is 6.07 Å². The van der Waals surface area contributed by atoms with Crippen molar-refractivity contribution >= 4 is 23.2 Å². The van der Waals surface area contributed by atoms with Gasteiger partial charge in [0.25, 0.3) is 0 Å². The Bertz CT molecular complexity index is 515. The van der Waals surface area contributed by atoms with Crippen LogP contribution in [-0.4, -0.2) is 53.4 Å². The Morgan fingerprint density at radius 2 is 2.20 bits per heavy atom. The van der Waals surface area contributed by atoms with Gasteiger partial charge in [0.05, 0.1) is 11.5 Å². The number of nitrogens with one attached hydrogen (secondary N) is 2. The molecule has 4 N–H and O–H groups in total. The van der Waals surface area contributed by atoms with Crippen LogP contribution in [0.2, 0.25) is 0 Å². The van der Waals surface area contributed by atoms with Gasteiger partial charge in [-0.1, -0.05) is 0 Å². The van der Waals surface area contributed by atoms with E-state index in [-0.39, 0.29) is 24.0 Å². The topological polar surface area (TPSA) is 126 Å². The number of hydrogen-bond acceptors (Lipinski definition) is 7. The van der Waals surface area contributed by atoms with Gasteiger partial charge in [0.1, 0.15) is 5.82 Å². The standard InChI is InChI=1S/C11H16N6O3/c12-11-8(17(19)20)1-2-9(15-11)14-7-10(18)16-5-3-13-4-6-16/h1-2,13H,3-7H2,(H3,12,14,15). The molecule has 1 amide bonds. The molecule has 1 fully saturated rings. The molecule has 1 aliphatic rings. The highest BCUT2D eigenvalue weighted by Crippen LogP contribution is 2.20. The summed E-state index contributed by atoms with van der Waals surface area (Å²) in [6.07, 6.45) is 0. The molecule has 1 aromatic heterocycles. The van der Waals surface area contributed by atoms with E-state index < -0.39 is 4.92 Å². The molecule has 1 saturated heterocycles. The van der Waals surface area contributed by atoms with Gasteiger partial charge in [0.15, 0.2) is 0 Å². The van der Waals surface area contributed by atoms with E-state index in [2.05, 4.69) is 15.6 Å². The minimum atomic E-state index is -0.599. The fraction of sp³-hybridized carbons (Fsp3) is 0.455. The molecule has 0 spiro atoms. The molecule has 2 rings (SSSR count). The highest BCUT2D eigenvalue weighted by atomic mass is 16.6. The summed E-state index contributed by atoms with van der Waals surface area (Å²) >= 11 is 0. The first-order valence-corrected chi connectivity index (χ1v) is 6.21. The number of nitrogens with zero attached hydrogens (tertiary/aromatic N) is 3. The van der Waals surface area contributed by atoms with Gasteiger partial charge in [-0.25, -0.2) is 4.98 Å². The largest absolute Gasteiger partial charge is 0.378 e. The van der Waals surface area contributed by atoms with Crippen molar-refractivity contribution < 1.29 is 9.72 Å². The lowest BCUT2D eigenvalue weighted by Gasteiger charge is -2.27. The molecule has 0 aromatic carbocycles. The van der Waals surface area contributed by atoms with E-state index in [1.54, 1.807) is 4.90 Å². The number of nitrogen functional groups attached to an aromatic ring is 1. The van der Waals surface area contributed by atoms with Crippen molar-refractivity contribution in [1.82, 2.24) is 15.2 Å². The SMILES string of the molecule is Nc1nc(NCC(=O)N2CCNCC2)ccc1[N+](=O)[O-]. The Hall–Kier alpha value is -2.42. The van der Waals surface area contributed by atoms with E-state index in [9.17, 15) is 14.9 Å². The molecular weight excluding hydrogens is 264 g/mol. The minimum Gasteiger partial charge on any atom is -0.378 e. The Kier molecular flexibility index (Phi) is 4.31. The van der Waals surface area contributed by atoms with Gasteiger partial charge in [-0.3, -0.25) is 14.9 Å². The van der Waals surface area contributed by atoms with Crippen molar-refractivity contribution in [2.45, 2.75) is 0 Å².